The molecule has 3 heterocycles. The molecule has 4 nitrogen and oxygen atoms in total. The molecule has 0 aliphatic carbocycles. The van der Waals surface area contributed by atoms with Gasteiger partial charge in [-0.2, -0.15) is 12.1 Å². The van der Waals surface area contributed by atoms with E-state index < -0.39 is 5.41 Å². The maximum absolute atomic E-state index is 6.90. The fourth-order valence-corrected chi connectivity index (χ4v) is 8.98. The van der Waals surface area contributed by atoms with Crippen LogP contribution in [0.25, 0.3) is 33.2 Å². The number of aryl methyl sites for hydroxylation is 3. The third kappa shape index (κ3) is 6.64. The molecule has 1 aliphatic rings. The van der Waals surface area contributed by atoms with Gasteiger partial charge in [0, 0.05) is 29.6 Å². The van der Waals surface area contributed by atoms with Gasteiger partial charge in [-0.25, -0.2) is 0 Å². The Kier molecular flexibility index (Phi) is 10.0. The standard InChI is InChI=1S/C54H39N3O.Pt/c1-36-28-37(2)53(38(3)29-36)42-30-41(49-33-39-16-7-8-17-40(39)35-56-49)31-46(32-42)58-45-21-15-18-43(34-45)54(52-26-13-14-27-55-52)47-22-9-11-24-50(47)57(44-19-5-4-6-20-44)51-25-12-10-23-48(51)54;/h4-30,32-33,35H,1-3H3;/q-2;+2. The fourth-order valence-electron chi connectivity index (χ4n) is 8.98. The van der Waals surface area contributed by atoms with Gasteiger partial charge >= 0.3 is 21.1 Å². The first-order valence-corrected chi connectivity index (χ1v) is 19.6. The van der Waals surface area contributed by atoms with Crippen molar-refractivity contribution in [2.24, 2.45) is 0 Å². The van der Waals surface area contributed by atoms with Gasteiger partial charge in [0.2, 0.25) is 0 Å². The molecule has 0 bridgehead atoms. The van der Waals surface area contributed by atoms with E-state index in [4.69, 9.17) is 14.7 Å². The van der Waals surface area contributed by atoms with Crippen molar-refractivity contribution in [3.63, 3.8) is 0 Å². The Morgan fingerprint density at radius 2 is 1.22 bits per heavy atom. The van der Waals surface area contributed by atoms with E-state index >= 15 is 0 Å². The first-order valence-electron chi connectivity index (χ1n) is 19.6. The average molecular weight is 941 g/mol. The Hall–Kier alpha value is -6.61. The summed E-state index contributed by atoms with van der Waals surface area (Å²) in [6, 6.07) is 66.8. The Morgan fingerprint density at radius 3 is 1.93 bits per heavy atom. The van der Waals surface area contributed by atoms with E-state index in [1.807, 2.05) is 30.6 Å². The summed E-state index contributed by atoms with van der Waals surface area (Å²) < 4.78 is 6.90. The monoisotopic (exact) mass is 940 g/mol. The van der Waals surface area contributed by atoms with Gasteiger partial charge in [0.1, 0.15) is 0 Å². The molecule has 0 amide bonds. The topological polar surface area (TPSA) is 38.2 Å². The number of hydrogen-bond acceptors (Lipinski definition) is 4. The van der Waals surface area contributed by atoms with Crippen LogP contribution in [0.3, 0.4) is 0 Å². The third-order valence-corrected chi connectivity index (χ3v) is 11.3. The number of ether oxygens (including phenoxy) is 1. The van der Waals surface area contributed by atoms with Crippen molar-refractivity contribution in [1.82, 2.24) is 9.97 Å². The van der Waals surface area contributed by atoms with E-state index in [0.717, 1.165) is 67.0 Å². The van der Waals surface area contributed by atoms with Crippen molar-refractivity contribution >= 4 is 27.8 Å². The van der Waals surface area contributed by atoms with Crippen LogP contribution in [0.2, 0.25) is 0 Å². The van der Waals surface area contributed by atoms with Gasteiger partial charge in [-0.15, -0.1) is 29.3 Å². The molecule has 1 aliphatic heterocycles. The van der Waals surface area contributed by atoms with E-state index in [2.05, 4.69) is 189 Å². The second kappa shape index (κ2) is 15.6. The van der Waals surface area contributed by atoms with Crippen molar-refractivity contribution in [2.45, 2.75) is 26.2 Å². The molecule has 0 saturated heterocycles. The number of benzene rings is 7. The summed E-state index contributed by atoms with van der Waals surface area (Å²) in [5.41, 5.74) is 14.0. The zero-order valence-electron chi connectivity index (χ0n) is 32.9. The quantitative estimate of drug-likeness (QED) is 0.149. The van der Waals surface area contributed by atoms with Crippen LogP contribution in [0.4, 0.5) is 17.1 Å². The number of anilines is 3. The van der Waals surface area contributed by atoms with Gasteiger partial charge < -0.3 is 14.6 Å². The Balaban J connectivity index is 0.00000449. The summed E-state index contributed by atoms with van der Waals surface area (Å²) in [6.07, 6.45) is 3.81. The number of nitrogens with zero attached hydrogens (tertiary/aromatic N) is 3. The minimum Gasteiger partial charge on any atom is -0.503 e. The number of pyridine rings is 2. The molecule has 59 heavy (non-hydrogen) atoms. The normalized spacial score (nSPS) is 12.6. The second-order valence-electron chi connectivity index (χ2n) is 15.0. The zero-order valence-corrected chi connectivity index (χ0v) is 35.2. The van der Waals surface area contributed by atoms with Gasteiger partial charge in [0.15, 0.2) is 0 Å². The molecular weight excluding hydrogens is 902 g/mol. The molecule has 10 rings (SSSR count). The van der Waals surface area contributed by atoms with Crippen LogP contribution in [0.5, 0.6) is 11.5 Å². The molecule has 0 radical (unpaired) electrons. The Morgan fingerprint density at radius 1 is 0.559 bits per heavy atom. The van der Waals surface area contributed by atoms with Crippen molar-refractivity contribution in [3.8, 4) is 33.9 Å². The molecule has 0 N–H and O–H groups in total. The van der Waals surface area contributed by atoms with E-state index in [0.29, 0.717) is 11.5 Å². The summed E-state index contributed by atoms with van der Waals surface area (Å²) in [5.74, 6) is 1.17. The summed E-state index contributed by atoms with van der Waals surface area (Å²) in [4.78, 5) is 12.4. The van der Waals surface area contributed by atoms with Gasteiger partial charge in [-0.3, -0.25) is 4.98 Å². The predicted octanol–water partition coefficient (Wildman–Crippen LogP) is 13.4. The summed E-state index contributed by atoms with van der Waals surface area (Å²) in [6.45, 7) is 6.49. The van der Waals surface area contributed by atoms with Crippen molar-refractivity contribution < 1.29 is 25.8 Å². The smallest absolute Gasteiger partial charge is 0.503 e. The maximum atomic E-state index is 6.90. The third-order valence-electron chi connectivity index (χ3n) is 11.3. The second-order valence-corrected chi connectivity index (χ2v) is 15.0. The van der Waals surface area contributed by atoms with Crippen molar-refractivity contribution in [3.05, 3.63) is 233 Å². The molecule has 0 saturated carbocycles. The van der Waals surface area contributed by atoms with E-state index in [1.165, 1.54) is 22.3 Å². The summed E-state index contributed by atoms with van der Waals surface area (Å²) >= 11 is 0. The molecule has 7 aromatic carbocycles. The van der Waals surface area contributed by atoms with E-state index in [-0.39, 0.29) is 21.1 Å². The van der Waals surface area contributed by atoms with Gasteiger partial charge in [0.05, 0.1) is 22.5 Å². The van der Waals surface area contributed by atoms with Crippen LogP contribution in [-0.4, -0.2) is 9.97 Å². The van der Waals surface area contributed by atoms with Gasteiger partial charge in [-0.1, -0.05) is 126 Å². The molecule has 0 spiro atoms. The van der Waals surface area contributed by atoms with Crippen LogP contribution in [0, 0.1) is 32.9 Å². The van der Waals surface area contributed by atoms with Crippen LogP contribution in [0.1, 0.15) is 39.1 Å². The summed E-state index contributed by atoms with van der Waals surface area (Å²) in [5, 5.41) is 2.21. The van der Waals surface area contributed by atoms with Crippen LogP contribution >= 0.6 is 0 Å². The van der Waals surface area contributed by atoms with Gasteiger partial charge in [0.25, 0.3) is 0 Å². The number of rotatable bonds is 7. The molecule has 0 fully saturated rings. The minimum atomic E-state index is -0.818. The molecule has 286 valence electrons. The summed E-state index contributed by atoms with van der Waals surface area (Å²) in [7, 11) is 0. The van der Waals surface area contributed by atoms with Crippen molar-refractivity contribution in [1.29, 1.82) is 0 Å². The van der Waals surface area contributed by atoms with Crippen LogP contribution in [-0.2, 0) is 26.5 Å². The predicted molar refractivity (Wildman–Crippen MR) is 235 cm³/mol. The SMILES string of the molecule is Cc1cc(C)c(-c2cc(Oc3[c-]c(C4(c5ccccn5)c5ccccc5N(c5ccccc5)c5ccccc54)ccc3)[c-]c(-c3cc4ccccc4cn3)c2)c(C)c1.[Pt+2]. The molecule has 9 aromatic rings. The Bertz CT molecular complexity index is 2910. The maximum Gasteiger partial charge on any atom is 2.00 e. The van der Waals surface area contributed by atoms with Crippen LogP contribution < -0.4 is 9.64 Å². The number of hydrogen-bond donors (Lipinski definition) is 0. The largest absolute Gasteiger partial charge is 2.00 e. The first-order chi connectivity index (χ1) is 28.5. The fraction of sp³-hybridized carbons (Fsp3) is 0.0741. The molecule has 5 heteroatoms. The minimum absolute atomic E-state index is 0. The molecular formula is C54H39N3OPt. The molecule has 0 unspecified atom stereocenters. The van der Waals surface area contributed by atoms with Crippen molar-refractivity contribution in [2.75, 3.05) is 4.90 Å². The van der Waals surface area contributed by atoms with Crippen LogP contribution in [0.15, 0.2) is 182 Å². The zero-order chi connectivity index (χ0) is 39.2. The van der Waals surface area contributed by atoms with Gasteiger partial charge in [-0.05, 0) is 101 Å². The molecule has 2 aromatic heterocycles. The molecule has 0 atom stereocenters. The number of aromatic nitrogens is 2. The number of fused-ring (bicyclic) bond motifs is 3. The average Bonchev–Trinajstić information content (AvgIpc) is 3.25. The van der Waals surface area contributed by atoms with E-state index in [9.17, 15) is 0 Å². The Labute approximate surface area is 360 Å². The first kappa shape index (κ1) is 37.9. The number of para-hydroxylation sites is 3. The van der Waals surface area contributed by atoms with E-state index in [1.54, 1.807) is 0 Å².